The van der Waals surface area contributed by atoms with Crippen molar-refractivity contribution in [1.82, 2.24) is 15.5 Å². The van der Waals surface area contributed by atoms with Crippen LogP contribution in [0.25, 0.3) is 0 Å². The van der Waals surface area contributed by atoms with Crippen molar-refractivity contribution in [3.8, 4) is 0 Å². The fourth-order valence-corrected chi connectivity index (χ4v) is 4.69. The van der Waals surface area contributed by atoms with Crippen molar-refractivity contribution in [1.29, 1.82) is 0 Å². The van der Waals surface area contributed by atoms with E-state index in [2.05, 4.69) is 53.6 Å². The average molecular weight is 573 g/mol. The van der Waals surface area contributed by atoms with E-state index in [1.807, 2.05) is 32.0 Å². The Morgan fingerprint density at radius 2 is 1.69 bits per heavy atom. The summed E-state index contributed by atoms with van der Waals surface area (Å²) in [5, 5.41) is 6.80. The van der Waals surface area contributed by atoms with Crippen molar-refractivity contribution in [3.05, 3.63) is 65.2 Å². The monoisotopic (exact) mass is 572 g/mol. The van der Waals surface area contributed by atoms with Crippen LogP contribution in [-0.2, 0) is 16.4 Å². The molecule has 2 rings (SSSR count). The third kappa shape index (κ3) is 8.37. The van der Waals surface area contributed by atoms with Crippen molar-refractivity contribution in [2.45, 2.75) is 45.2 Å². The summed E-state index contributed by atoms with van der Waals surface area (Å²) in [6.07, 6.45) is 1.24. The van der Waals surface area contributed by atoms with Crippen molar-refractivity contribution >= 4 is 39.8 Å². The lowest BCUT2D eigenvalue weighted by Crippen LogP contribution is -2.43. The van der Waals surface area contributed by atoms with Crippen LogP contribution in [-0.4, -0.2) is 51.7 Å². The largest absolute Gasteiger partial charge is 0.357 e. The van der Waals surface area contributed by atoms with Crippen molar-refractivity contribution in [2.24, 2.45) is 4.99 Å². The van der Waals surface area contributed by atoms with E-state index in [1.165, 1.54) is 11.8 Å². The molecule has 0 saturated carbocycles. The molecule has 0 spiro atoms. The van der Waals surface area contributed by atoms with Gasteiger partial charge in [0.15, 0.2) is 15.8 Å². The van der Waals surface area contributed by atoms with Gasteiger partial charge in [0.05, 0.1) is 17.5 Å². The highest BCUT2D eigenvalue weighted by atomic mass is 127. The number of likely N-dealkylation sites (N-methyl/N-ethyl adjacent to an activating group) is 1. The smallest absolute Gasteiger partial charge is 0.191 e. The quantitative estimate of drug-likeness (QED) is 0.254. The number of rotatable bonds is 10. The molecular weight excluding hydrogens is 535 g/mol. The number of sulfone groups is 1. The number of halogens is 1. The zero-order chi connectivity index (χ0) is 22.9. The standard InChI is InChI=1S/C24H36N4O2S.HI/c1-6-25-24(26-17-20-14-15-23(19(4)16-20)31(5,29)30)27-18-22(28(7-2)8-3)21-12-10-9-11-13-21;/h9-16,22H,6-8,17-18H2,1-5H3,(H2,25,26,27);1H. The van der Waals surface area contributed by atoms with Crippen molar-refractivity contribution < 1.29 is 8.42 Å². The summed E-state index contributed by atoms with van der Waals surface area (Å²) in [6.45, 7) is 12.1. The highest BCUT2D eigenvalue weighted by Crippen LogP contribution is 2.20. The molecule has 0 saturated heterocycles. The molecule has 0 heterocycles. The molecule has 8 heteroatoms. The van der Waals surface area contributed by atoms with Gasteiger partial charge in [0.2, 0.25) is 0 Å². The van der Waals surface area contributed by atoms with E-state index in [9.17, 15) is 8.42 Å². The first-order valence-corrected chi connectivity index (χ1v) is 12.8. The minimum atomic E-state index is -3.21. The van der Waals surface area contributed by atoms with Gasteiger partial charge in [-0.1, -0.05) is 56.3 Å². The molecule has 0 aliphatic heterocycles. The fourth-order valence-electron chi connectivity index (χ4n) is 3.73. The van der Waals surface area contributed by atoms with E-state index in [0.29, 0.717) is 11.4 Å². The van der Waals surface area contributed by atoms with E-state index in [4.69, 9.17) is 4.99 Å². The molecule has 0 bridgehead atoms. The Labute approximate surface area is 210 Å². The van der Waals surface area contributed by atoms with Gasteiger partial charge in [0.1, 0.15) is 0 Å². The fraction of sp³-hybridized carbons (Fsp3) is 0.458. The van der Waals surface area contributed by atoms with Crippen LogP contribution in [0, 0.1) is 6.92 Å². The van der Waals surface area contributed by atoms with E-state index >= 15 is 0 Å². The Bertz CT molecular complexity index is 961. The Balaban J connectivity index is 0.00000512. The zero-order valence-corrected chi connectivity index (χ0v) is 22.9. The van der Waals surface area contributed by atoms with Crippen molar-refractivity contribution in [2.75, 3.05) is 32.4 Å². The summed E-state index contributed by atoms with van der Waals surface area (Å²) in [5.41, 5.74) is 3.01. The van der Waals surface area contributed by atoms with Gasteiger partial charge in [-0.3, -0.25) is 4.90 Å². The second kappa shape index (κ2) is 13.8. The summed E-state index contributed by atoms with van der Waals surface area (Å²) in [5.74, 6) is 0.750. The van der Waals surface area contributed by atoms with Crippen LogP contribution in [0.3, 0.4) is 0 Å². The normalized spacial score (nSPS) is 12.9. The maximum atomic E-state index is 11.8. The van der Waals surface area contributed by atoms with Gasteiger partial charge < -0.3 is 10.6 Å². The Morgan fingerprint density at radius 3 is 2.22 bits per heavy atom. The zero-order valence-electron chi connectivity index (χ0n) is 19.8. The number of hydrogen-bond acceptors (Lipinski definition) is 4. The van der Waals surface area contributed by atoms with E-state index in [0.717, 1.165) is 43.3 Å². The topological polar surface area (TPSA) is 73.8 Å². The van der Waals surface area contributed by atoms with Gasteiger partial charge in [-0.25, -0.2) is 13.4 Å². The first kappa shape index (κ1) is 28.4. The van der Waals surface area contributed by atoms with Gasteiger partial charge in [-0.2, -0.15) is 0 Å². The highest BCUT2D eigenvalue weighted by Gasteiger charge is 2.18. The molecule has 0 amide bonds. The lowest BCUT2D eigenvalue weighted by atomic mass is 10.1. The maximum Gasteiger partial charge on any atom is 0.191 e. The van der Waals surface area contributed by atoms with Crippen LogP contribution < -0.4 is 10.6 Å². The number of hydrogen-bond donors (Lipinski definition) is 2. The number of nitrogens with one attached hydrogen (secondary N) is 2. The predicted molar refractivity (Wildman–Crippen MR) is 145 cm³/mol. The summed E-state index contributed by atoms with van der Waals surface area (Å²) in [4.78, 5) is 7.52. The molecule has 1 atom stereocenters. The van der Waals surface area contributed by atoms with Gasteiger partial charge in [0, 0.05) is 19.3 Å². The van der Waals surface area contributed by atoms with Crippen LogP contribution in [0.1, 0.15) is 43.5 Å². The molecule has 32 heavy (non-hydrogen) atoms. The molecule has 0 fully saturated rings. The van der Waals surface area contributed by atoms with E-state index < -0.39 is 9.84 Å². The summed E-state index contributed by atoms with van der Waals surface area (Å²) < 4.78 is 23.7. The molecular formula is C24H37IN4O2S. The summed E-state index contributed by atoms with van der Waals surface area (Å²) in [7, 11) is -3.21. The molecule has 2 aromatic carbocycles. The lowest BCUT2D eigenvalue weighted by molar-refractivity contribution is 0.219. The van der Waals surface area contributed by atoms with E-state index in [-0.39, 0.29) is 30.0 Å². The van der Waals surface area contributed by atoms with Crippen LogP contribution in [0.15, 0.2) is 58.4 Å². The Kier molecular flexibility index (Phi) is 12.2. The first-order chi connectivity index (χ1) is 14.8. The maximum absolute atomic E-state index is 11.8. The number of aryl methyl sites for hydroxylation is 1. The molecule has 2 aromatic rings. The molecule has 0 aromatic heterocycles. The van der Waals surface area contributed by atoms with Crippen LogP contribution >= 0.6 is 24.0 Å². The van der Waals surface area contributed by atoms with Gasteiger partial charge in [0.25, 0.3) is 0 Å². The number of nitrogens with zero attached hydrogens (tertiary/aromatic N) is 2. The number of guanidine groups is 1. The Hall–Kier alpha value is -1.65. The predicted octanol–water partition coefficient (Wildman–Crippen LogP) is 4.15. The molecule has 1 unspecified atom stereocenters. The summed E-state index contributed by atoms with van der Waals surface area (Å²) in [6, 6.07) is 16.2. The third-order valence-corrected chi connectivity index (χ3v) is 6.56. The first-order valence-electron chi connectivity index (χ1n) is 10.9. The highest BCUT2D eigenvalue weighted by molar-refractivity contribution is 14.0. The third-order valence-electron chi connectivity index (χ3n) is 5.30. The molecule has 0 aliphatic rings. The second-order valence-corrected chi connectivity index (χ2v) is 9.58. The molecule has 2 N–H and O–H groups in total. The molecule has 0 radical (unpaired) electrons. The van der Waals surface area contributed by atoms with Gasteiger partial charge >= 0.3 is 0 Å². The molecule has 0 aliphatic carbocycles. The minimum Gasteiger partial charge on any atom is -0.357 e. The van der Waals surface area contributed by atoms with Crippen LogP contribution in [0.4, 0.5) is 0 Å². The van der Waals surface area contributed by atoms with Crippen molar-refractivity contribution in [3.63, 3.8) is 0 Å². The number of benzene rings is 2. The summed E-state index contributed by atoms with van der Waals surface area (Å²) >= 11 is 0. The lowest BCUT2D eigenvalue weighted by Gasteiger charge is -2.30. The SMILES string of the molecule is CCNC(=NCc1ccc(S(C)(=O)=O)c(C)c1)NCC(c1ccccc1)N(CC)CC.I. The minimum absolute atomic E-state index is 0. The van der Waals surface area contributed by atoms with Crippen LogP contribution in [0.5, 0.6) is 0 Å². The number of aliphatic imine (C=N–C) groups is 1. The van der Waals surface area contributed by atoms with E-state index in [1.54, 1.807) is 6.07 Å². The Morgan fingerprint density at radius 1 is 1.03 bits per heavy atom. The van der Waals surface area contributed by atoms with Crippen LogP contribution in [0.2, 0.25) is 0 Å². The average Bonchev–Trinajstić information content (AvgIpc) is 2.74. The second-order valence-electron chi connectivity index (χ2n) is 7.60. The van der Waals surface area contributed by atoms with Gasteiger partial charge in [-0.05, 0) is 49.7 Å². The van der Waals surface area contributed by atoms with Gasteiger partial charge in [-0.15, -0.1) is 24.0 Å². The molecule has 178 valence electrons. The molecule has 6 nitrogen and oxygen atoms in total.